The lowest BCUT2D eigenvalue weighted by Gasteiger charge is -2.31. The number of rotatable bonds is 7. The second-order valence-electron chi connectivity index (χ2n) is 5.69. The molecule has 0 bridgehead atoms. The van der Waals surface area contributed by atoms with Gasteiger partial charge in [0.25, 0.3) is 0 Å². The van der Waals surface area contributed by atoms with Crippen LogP contribution >= 0.6 is 0 Å². The van der Waals surface area contributed by atoms with Gasteiger partial charge in [0.2, 0.25) is 0 Å². The average molecular weight is 280 g/mol. The molecule has 0 radical (unpaired) electrons. The van der Waals surface area contributed by atoms with Crippen LogP contribution in [-0.2, 0) is 0 Å². The van der Waals surface area contributed by atoms with Gasteiger partial charge < -0.3 is 10.2 Å². The lowest BCUT2D eigenvalue weighted by molar-refractivity contribution is 0.569. The number of halogens is 1. The summed E-state index contributed by atoms with van der Waals surface area (Å²) in [6, 6.07) is 4.27. The summed E-state index contributed by atoms with van der Waals surface area (Å²) >= 11 is 0. The maximum absolute atomic E-state index is 13.9. The summed E-state index contributed by atoms with van der Waals surface area (Å²) in [5, 5.41) is 3.38. The van der Waals surface area contributed by atoms with Crippen molar-refractivity contribution in [2.24, 2.45) is 0 Å². The van der Waals surface area contributed by atoms with Crippen LogP contribution in [0, 0.1) is 12.7 Å². The standard InChI is InChI=1S/C17H29FN2/c1-7-9-13(4)20(6)17-10-12(3)16(18)11-15(17)14(5)19-8-2/h10-11,13-14,19H,7-9H2,1-6H3. The smallest absolute Gasteiger partial charge is 0.126 e. The van der Waals surface area contributed by atoms with E-state index < -0.39 is 0 Å². The van der Waals surface area contributed by atoms with Gasteiger partial charge >= 0.3 is 0 Å². The van der Waals surface area contributed by atoms with Crippen molar-refractivity contribution in [2.45, 2.75) is 59.5 Å². The summed E-state index contributed by atoms with van der Waals surface area (Å²) in [5.41, 5.74) is 2.89. The van der Waals surface area contributed by atoms with Crippen LogP contribution in [0.2, 0.25) is 0 Å². The number of aryl methyl sites for hydroxylation is 1. The average Bonchev–Trinajstić information content (AvgIpc) is 2.41. The van der Waals surface area contributed by atoms with Crippen LogP contribution in [0.15, 0.2) is 12.1 Å². The fourth-order valence-corrected chi connectivity index (χ4v) is 2.60. The van der Waals surface area contributed by atoms with Gasteiger partial charge in [0.1, 0.15) is 5.82 Å². The van der Waals surface area contributed by atoms with E-state index in [1.807, 2.05) is 13.0 Å². The molecule has 0 aliphatic carbocycles. The van der Waals surface area contributed by atoms with Crippen molar-refractivity contribution >= 4 is 5.69 Å². The van der Waals surface area contributed by atoms with E-state index in [2.05, 4.69) is 45.0 Å². The van der Waals surface area contributed by atoms with E-state index in [0.29, 0.717) is 11.6 Å². The molecule has 0 heterocycles. The first-order chi connectivity index (χ1) is 9.42. The third-order valence-corrected chi connectivity index (χ3v) is 4.03. The highest BCUT2D eigenvalue weighted by Crippen LogP contribution is 2.30. The monoisotopic (exact) mass is 280 g/mol. The summed E-state index contributed by atoms with van der Waals surface area (Å²) < 4.78 is 13.9. The zero-order valence-corrected chi connectivity index (χ0v) is 13.8. The highest BCUT2D eigenvalue weighted by atomic mass is 19.1. The summed E-state index contributed by atoms with van der Waals surface area (Å²) in [6.45, 7) is 11.3. The molecule has 2 unspecified atom stereocenters. The summed E-state index contributed by atoms with van der Waals surface area (Å²) in [4.78, 5) is 2.28. The molecular weight excluding hydrogens is 251 g/mol. The van der Waals surface area contributed by atoms with E-state index in [1.54, 1.807) is 6.07 Å². The SMILES string of the molecule is CCCC(C)N(C)c1cc(C)c(F)cc1C(C)NCC. The molecule has 20 heavy (non-hydrogen) atoms. The third kappa shape index (κ3) is 3.95. The molecular formula is C17H29FN2. The van der Waals surface area contributed by atoms with Gasteiger partial charge in [-0.1, -0.05) is 20.3 Å². The van der Waals surface area contributed by atoms with Crippen molar-refractivity contribution in [3.8, 4) is 0 Å². The van der Waals surface area contributed by atoms with E-state index in [4.69, 9.17) is 0 Å². The molecule has 2 atom stereocenters. The Kier molecular flexibility index (Phi) is 6.47. The largest absolute Gasteiger partial charge is 0.372 e. The van der Waals surface area contributed by atoms with Crippen molar-refractivity contribution in [3.63, 3.8) is 0 Å². The predicted octanol–water partition coefficient (Wildman–Crippen LogP) is 4.43. The molecule has 1 aromatic carbocycles. The number of benzene rings is 1. The van der Waals surface area contributed by atoms with Crippen molar-refractivity contribution in [2.75, 3.05) is 18.5 Å². The van der Waals surface area contributed by atoms with Gasteiger partial charge in [-0.05, 0) is 57.0 Å². The molecule has 0 aliphatic rings. The van der Waals surface area contributed by atoms with E-state index >= 15 is 0 Å². The van der Waals surface area contributed by atoms with Crippen molar-refractivity contribution < 1.29 is 4.39 Å². The molecule has 0 saturated heterocycles. The second-order valence-corrected chi connectivity index (χ2v) is 5.69. The van der Waals surface area contributed by atoms with Gasteiger partial charge in [-0.25, -0.2) is 4.39 Å². The molecule has 0 amide bonds. The van der Waals surface area contributed by atoms with Crippen LogP contribution in [-0.4, -0.2) is 19.6 Å². The first-order valence-electron chi connectivity index (χ1n) is 7.68. The van der Waals surface area contributed by atoms with Crippen molar-refractivity contribution in [1.29, 1.82) is 0 Å². The highest BCUT2D eigenvalue weighted by molar-refractivity contribution is 5.57. The maximum Gasteiger partial charge on any atom is 0.126 e. The predicted molar refractivity (Wildman–Crippen MR) is 86.0 cm³/mol. The highest BCUT2D eigenvalue weighted by Gasteiger charge is 2.18. The fourth-order valence-electron chi connectivity index (χ4n) is 2.60. The van der Waals surface area contributed by atoms with Crippen molar-refractivity contribution in [3.05, 3.63) is 29.1 Å². The van der Waals surface area contributed by atoms with Crippen LogP contribution in [0.5, 0.6) is 0 Å². The first-order valence-corrected chi connectivity index (χ1v) is 7.68. The van der Waals surface area contributed by atoms with E-state index in [0.717, 1.165) is 30.6 Å². The minimum atomic E-state index is -0.120. The van der Waals surface area contributed by atoms with Gasteiger partial charge in [0.15, 0.2) is 0 Å². The Hall–Kier alpha value is -1.09. The Bertz CT molecular complexity index is 431. The Morgan fingerprint density at radius 1 is 1.25 bits per heavy atom. The normalized spacial score (nSPS) is 14.2. The number of hydrogen-bond acceptors (Lipinski definition) is 2. The van der Waals surface area contributed by atoms with Crippen LogP contribution in [0.25, 0.3) is 0 Å². The Balaban J connectivity index is 3.18. The molecule has 0 aromatic heterocycles. The van der Waals surface area contributed by atoms with E-state index in [9.17, 15) is 4.39 Å². The van der Waals surface area contributed by atoms with Crippen molar-refractivity contribution in [1.82, 2.24) is 5.32 Å². The molecule has 0 spiro atoms. The number of hydrogen-bond donors (Lipinski definition) is 1. The Morgan fingerprint density at radius 2 is 1.90 bits per heavy atom. The third-order valence-electron chi connectivity index (χ3n) is 4.03. The van der Waals surface area contributed by atoms with Gasteiger partial charge in [0, 0.05) is 24.8 Å². The number of nitrogens with one attached hydrogen (secondary N) is 1. The van der Waals surface area contributed by atoms with Gasteiger partial charge in [-0.15, -0.1) is 0 Å². The molecule has 2 nitrogen and oxygen atoms in total. The molecule has 0 saturated carbocycles. The molecule has 1 aromatic rings. The van der Waals surface area contributed by atoms with Gasteiger partial charge in [0.05, 0.1) is 0 Å². The lowest BCUT2D eigenvalue weighted by Crippen LogP contribution is -2.31. The number of nitrogens with zero attached hydrogens (tertiary/aromatic N) is 1. The molecule has 0 aliphatic heterocycles. The lowest BCUT2D eigenvalue weighted by atomic mass is 10.0. The maximum atomic E-state index is 13.9. The molecule has 114 valence electrons. The topological polar surface area (TPSA) is 15.3 Å². The van der Waals surface area contributed by atoms with Crippen LogP contribution in [0.4, 0.5) is 10.1 Å². The second kappa shape index (κ2) is 7.63. The Morgan fingerprint density at radius 3 is 2.45 bits per heavy atom. The van der Waals surface area contributed by atoms with Crippen LogP contribution in [0.1, 0.15) is 57.7 Å². The van der Waals surface area contributed by atoms with Crippen LogP contribution < -0.4 is 10.2 Å². The summed E-state index contributed by atoms with van der Waals surface area (Å²) in [6.07, 6.45) is 2.30. The molecule has 1 rings (SSSR count). The zero-order valence-electron chi connectivity index (χ0n) is 13.8. The van der Waals surface area contributed by atoms with Gasteiger partial charge in [-0.2, -0.15) is 0 Å². The molecule has 3 heteroatoms. The summed E-state index contributed by atoms with van der Waals surface area (Å²) in [5.74, 6) is -0.120. The minimum Gasteiger partial charge on any atom is -0.372 e. The minimum absolute atomic E-state index is 0.120. The van der Waals surface area contributed by atoms with Gasteiger partial charge in [-0.3, -0.25) is 0 Å². The first kappa shape index (κ1) is 17.0. The Labute approximate surface area is 123 Å². The zero-order chi connectivity index (χ0) is 15.3. The molecule has 0 fully saturated rings. The van der Waals surface area contributed by atoms with E-state index in [1.165, 1.54) is 0 Å². The molecule has 1 N–H and O–H groups in total. The number of anilines is 1. The quantitative estimate of drug-likeness (QED) is 0.795. The van der Waals surface area contributed by atoms with E-state index in [-0.39, 0.29) is 11.9 Å². The van der Waals surface area contributed by atoms with Crippen LogP contribution in [0.3, 0.4) is 0 Å². The summed E-state index contributed by atoms with van der Waals surface area (Å²) in [7, 11) is 2.11. The fraction of sp³-hybridized carbons (Fsp3) is 0.647.